The number of methoxy groups -OCH3 is 1. The van der Waals surface area contributed by atoms with E-state index in [9.17, 15) is 4.79 Å². The van der Waals surface area contributed by atoms with Crippen molar-refractivity contribution in [1.29, 1.82) is 0 Å². The minimum Gasteiger partial charge on any atom is -0.377 e. The standard InChI is InChI=1S/C18H26N2O2/c1-13(22-2)15-7-3-9-16(12-15)19-18(21)20-11-5-8-14-6-4-10-17(14)20/h3,7,9,12-14,17H,4-6,8,10-11H2,1-2H3,(H,19,21)/t13-,14+,17-/m1/s1. The van der Waals surface area contributed by atoms with Crippen LogP contribution in [0.5, 0.6) is 0 Å². The summed E-state index contributed by atoms with van der Waals surface area (Å²) in [5.41, 5.74) is 1.93. The average molecular weight is 302 g/mol. The van der Waals surface area contributed by atoms with Crippen LogP contribution in [0.25, 0.3) is 0 Å². The maximum atomic E-state index is 12.6. The Morgan fingerprint density at radius 1 is 1.32 bits per heavy atom. The largest absolute Gasteiger partial charge is 0.377 e. The number of piperidine rings is 1. The molecule has 3 atom stereocenters. The fourth-order valence-corrected chi connectivity index (χ4v) is 3.91. The normalized spacial score (nSPS) is 25.6. The maximum Gasteiger partial charge on any atom is 0.322 e. The van der Waals surface area contributed by atoms with E-state index in [4.69, 9.17) is 4.74 Å². The molecule has 1 aliphatic carbocycles. The van der Waals surface area contributed by atoms with Crippen LogP contribution >= 0.6 is 0 Å². The molecule has 2 amide bonds. The minimum atomic E-state index is 0.0334. The van der Waals surface area contributed by atoms with Gasteiger partial charge in [0.15, 0.2) is 0 Å². The molecule has 1 saturated carbocycles. The molecule has 1 aromatic carbocycles. The van der Waals surface area contributed by atoms with Gasteiger partial charge in [-0.2, -0.15) is 0 Å². The summed E-state index contributed by atoms with van der Waals surface area (Å²) < 4.78 is 5.35. The first-order valence-corrected chi connectivity index (χ1v) is 8.39. The highest BCUT2D eigenvalue weighted by Crippen LogP contribution is 2.37. The summed E-state index contributed by atoms with van der Waals surface area (Å²) >= 11 is 0. The molecule has 0 radical (unpaired) electrons. The van der Waals surface area contributed by atoms with Crippen LogP contribution in [0.3, 0.4) is 0 Å². The lowest BCUT2D eigenvalue weighted by atomic mass is 9.92. The molecule has 1 aliphatic heterocycles. The van der Waals surface area contributed by atoms with Gasteiger partial charge in [-0.05, 0) is 56.2 Å². The number of urea groups is 1. The molecule has 0 unspecified atom stereocenters. The van der Waals surface area contributed by atoms with Crippen LogP contribution in [-0.4, -0.2) is 30.6 Å². The Labute approximate surface area is 132 Å². The third-order valence-corrected chi connectivity index (χ3v) is 5.21. The Morgan fingerprint density at radius 2 is 2.14 bits per heavy atom. The van der Waals surface area contributed by atoms with E-state index in [1.54, 1.807) is 7.11 Å². The summed E-state index contributed by atoms with van der Waals surface area (Å²) in [5.74, 6) is 0.722. The molecule has 0 spiro atoms. The summed E-state index contributed by atoms with van der Waals surface area (Å²) in [5, 5.41) is 3.08. The number of nitrogens with zero attached hydrogens (tertiary/aromatic N) is 1. The van der Waals surface area contributed by atoms with Gasteiger partial charge in [-0.3, -0.25) is 0 Å². The Morgan fingerprint density at radius 3 is 2.95 bits per heavy atom. The van der Waals surface area contributed by atoms with Crippen LogP contribution in [0.2, 0.25) is 0 Å². The first-order valence-electron chi connectivity index (χ1n) is 8.39. The van der Waals surface area contributed by atoms with Crippen molar-refractivity contribution in [3.8, 4) is 0 Å². The number of carbonyl (C=O) groups is 1. The number of amides is 2. The zero-order valence-corrected chi connectivity index (χ0v) is 13.5. The van der Waals surface area contributed by atoms with Gasteiger partial charge >= 0.3 is 6.03 Å². The van der Waals surface area contributed by atoms with Gasteiger partial charge in [0, 0.05) is 25.4 Å². The maximum absolute atomic E-state index is 12.6. The lowest BCUT2D eigenvalue weighted by Crippen LogP contribution is -2.48. The van der Waals surface area contributed by atoms with E-state index in [2.05, 4.69) is 10.2 Å². The van der Waals surface area contributed by atoms with Gasteiger partial charge in [-0.1, -0.05) is 18.6 Å². The summed E-state index contributed by atoms with van der Waals surface area (Å²) in [7, 11) is 1.70. The van der Waals surface area contributed by atoms with Gasteiger partial charge in [0.1, 0.15) is 0 Å². The van der Waals surface area contributed by atoms with Crippen molar-refractivity contribution in [3.63, 3.8) is 0 Å². The Kier molecular flexibility index (Phi) is 4.67. The Bertz CT molecular complexity index is 532. The molecule has 0 bridgehead atoms. The number of anilines is 1. The smallest absolute Gasteiger partial charge is 0.322 e. The number of rotatable bonds is 3. The van der Waals surface area contributed by atoms with Crippen molar-refractivity contribution in [1.82, 2.24) is 4.90 Å². The molecule has 1 heterocycles. The molecule has 2 aliphatic rings. The second-order valence-electron chi connectivity index (χ2n) is 6.53. The van der Waals surface area contributed by atoms with E-state index in [1.165, 1.54) is 25.7 Å². The van der Waals surface area contributed by atoms with E-state index < -0.39 is 0 Å². The predicted molar refractivity (Wildman–Crippen MR) is 88.0 cm³/mol. The second kappa shape index (κ2) is 6.69. The van der Waals surface area contributed by atoms with E-state index in [0.717, 1.165) is 30.1 Å². The lowest BCUT2D eigenvalue weighted by Gasteiger charge is -2.37. The third-order valence-electron chi connectivity index (χ3n) is 5.21. The van der Waals surface area contributed by atoms with Crippen LogP contribution < -0.4 is 5.32 Å². The number of nitrogens with one attached hydrogen (secondary N) is 1. The highest BCUT2D eigenvalue weighted by Gasteiger charge is 2.37. The topological polar surface area (TPSA) is 41.6 Å². The van der Waals surface area contributed by atoms with Crippen LogP contribution in [0.4, 0.5) is 10.5 Å². The molecule has 2 fully saturated rings. The van der Waals surface area contributed by atoms with Crippen LogP contribution in [0.15, 0.2) is 24.3 Å². The molecular weight excluding hydrogens is 276 g/mol. The van der Waals surface area contributed by atoms with E-state index in [0.29, 0.717) is 6.04 Å². The molecule has 120 valence electrons. The third kappa shape index (κ3) is 3.12. The predicted octanol–water partition coefficient (Wildman–Crippen LogP) is 4.19. The van der Waals surface area contributed by atoms with Crippen LogP contribution in [-0.2, 0) is 4.74 Å². The van der Waals surface area contributed by atoms with Gasteiger partial charge in [0.05, 0.1) is 6.10 Å². The van der Waals surface area contributed by atoms with Crippen molar-refractivity contribution in [2.75, 3.05) is 19.0 Å². The van der Waals surface area contributed by atoms with E-state index in [1.807, 2.05) is 31.2 Å². The van der Waals surface area contributed by atoms with Gasteiger partial charge in [0.25, 0.3) is 0 Å². The highest BCUT2D eigenvalue weighted by atomic mass is 16.5. The van der Waals surface area contributed by atoms with Crippen molar-refractivity contribution in [2.45, 2.75) is 51.2 Å². The monoisotopic (exact) mass is 302 g/mol. The van der Waals surface area contributed by atoms with Crippen LogP contribution in [0, 0.1) is 5.92 Å². The number of benzene rings is 1. The fraction of sp³-hybridized carbons (Fsp3) is 0.611. The minimum absolute atomic E-state index is 0.0334. The van der Waals surface area contributed by atoms with Gasteiger partial charge in [0.2, 0.25) is 0 Å². The van der Waals surface area contributed by atoms with Gasteiger partial charge in [-0.15, -0.1) is 0 Å². The zero-order valence-electron chi connectivity index (χ0n) is 13.5. The van der Waals surface area contributed by atoms with Crippen molar-refractivity contribution in [2.24, 2.45) is 5.92 Å². The number of fused-ring (bicyclic) bond motifs is 1. The second-order valence-corrected chi connectivity index (χ2v) is 6.53. The highest BCUT2D eigenvalue weighted by molar-refractivity contribution is 5.89. The number of hydrogen-bond donors (Lipinski definition) is 1. The number of ether oxygens (including phenoxy) is 1. The Balaban J connectivity index is 1.68. The average Bonchev–Trinajstić information content (AvgIpc) is 3.02. The zero-order chi connectivity index (χ0) is 15.5. The number of carbonyl (C=O) groups excluding carboxylic acids is 1. The molecule has 1 aromatic rings. The van der Waals surface area contributed by atoms with Gasteiger partial charge in [-0.25, -0.2) is 4.79 Å². The molecule has 4 nitrogen and oxygen atoms in total. The molecule has 1 saturated heterocycles. The van der Waals surface area contributed by atoms with Crippen molar-refractivity contribution >= 4 is 11.7 Å². The van der Waals surface area contributed by atoms with Crippen LogP contribution in [0.1, 0.15) is 50.7 Å². The van der Waals surface area contributed by atoms with Gasteiger partial charge < -0.3 is 15.0 Å². The SMILES string of the molecule is CO[C@H](C)c1cccc(NC(=O)N2CCC[C@@H]3CCC[C@H]32)c1. The summed E-state index contributed by atoms with van der Waals surface area (Å²) in [6.07, 6.45) is 6.17. The molecule has 4 heteroatoms. The first kappa shape index (κ1) is 15.3. The van der Waals surface area contributed by atoms with E-state index in [-0.39, 0.29) is 12.1 Å². The lowest BCUT2D eigenvalue weighted by molar-refractivity contribution is 0.119. The number of hydrogen-bond acceptors (Lipinski definition) is 2. The molecule has 22 heavy (non-hydrogen) atoms. The molecular formula is C18H26N2O2. The fourth-order valence-electron chi connectivity index (χ4n) is 3.91. The Hall–Kier alpha value is -1.55. The number of likely N-dealkylation sites (tertiary alicyclic amines) is 1. The molecule has 3 rings (SSSR count). The van der Waals surface area contributed by atoms with Crippen molar-refractivity contribution < 1.29 is 9.53 Å². The molecule has 0 aromatic heterocycles. The summed E-state index contributed by atoms with van der Waals surface area (Å²) in [4.78, 5) is 14.7. The van der Waals surface area contributed by atoms with Crippen molar-refractivity contribution in [3.05, 3.63) is 29.8 Å². The quantitative estimate of drug-likeness (QED) is 0.909. The summed E-state index contributed by atoms with van der Waals surface area (Å²) in [6, 6.07) is 8.45. The first-order chi connectivity index (χ1) is 10.7. The van der Waals surface area contributed by atoms with E-state index >= 15 is 0 Å². The molecule has 1 N–H and O–H groups in total. The summed E-state index contributed by atoms with van der Waals surface area (Å²) in [6.45, 7) is 2.90.